The van der Waals surface area contributed by atoms with Crippen LogP contribution in [0.5, 0.6) is 5.75 Å². The molecule has 0 spiro atoms. The van der Waals surface area contributed by atoms with Gasteiger partial charge in [0.1, 0.15) is 16.8 Å². The van der Waals surface area contributed by atoms with E-state index in [-0.39, 0.29) is 11.6 Å². The van der Waals surface area contributed by atoms with Crippen LogP contribution < -0.4 is 10.1 Å². The lowest BCUT2D eigenvalue weighted by Gasteiger charge is -2.09. The van der Waals surface area contributed by atoms with Crippen LogP contribution >= 0.6 is 0 Å². The number of nitro benzene ring substituents is 1. The van der Waals surface area contributed by atoms with Crippen molar-refractivity contribution in [2.24, 2.45) is 0 Å². The quantitative estimate of drug-likeness (QED) is 0.385. The number of nitrogens with zero attached hydrogens (tertiary/aromatic N) is 4. The Morgan fingerprint density at radius 1 is 1.00 bits per heavy atom. The van der Waals surface area contributed by atoms with Gasteiger partial charge in [-0.2, -0.15) is 4.80 Å². The Morgan fingerprint density at radius 3 is 2.29 bits per heavy atom. The number of anilines is 1. The fourth-order valence-corrected chi connectivity index (χ4v) is 3.23. The van der Waals surface area contributed by atoms with Crippen molar-refractivity contribution in [3.8, 4) is 11.4 Å². The Morgan fingerprint density at radius 2 is 1.68 bits per heavy atom. The third kappa shape index (κ3) is 3.93. The second-order valence-electron chi connectivity index (χ2n) is 7.06. The highest BCUT2D eigenvalue weighted by Gasteiger charge is 2.15. The normalized spacial score (nSPS) is 10.8. The molecule has 1 amide bonds. The summed E-state index contributed by atoms with van der Waals surface area (Å²) in [6.07, 6.45) is 0. The first kappa shape index (κ1) is 20.0. The zero-order valence-electron chi connectivity index (χ0n) is 17.1. The summed E-state index contributed by atoms with van der Waals surface area (Å²) in [4.78, 5) is 24.7. The van der Waals surface area contributed by atoms with E-state index >= 15 is 0 Å². The van der Waals surface area contributed by atoms with E-state index < -0.39 is 4.92 Å². The summed E-state index contributed by atoms with van der Waals surface area (Å²) in [6, 6.07) is 15.2. The number of aryl methyl sites for hydroxylation is 2. The summed E-state index contributed by atoms with van der Waals surface area (Å²) in [5.74, 6) is 0.380. The van der Waals surface area contributed by atoms with Crippen LogP contribution in [0.3, 0.4) is 0 Å². The monoisotopic (exact) mass is 417 g/mol. The van der Waals surface area contributed by atoms with Gasteiger partial charge in [0.05, 0.1) is 17.7 Å². The first-order valence-corrected chi connectivity index (χ1v) is 9.44. The molecule has 4 rings (SSSR count). The maximum Gasteiger partial charge on any atom is 0.272 e. The Hall–Kier alpha value is -4.27. The van der Waals surface area contributed by atoms with Crippen molar-refractivity contribution >= 4 is 28.3 Å². The topological polar surface area (TPSA) is 112 Å². The fraction of sp³-hybridized carbons (Fsp3) is 0.136. The van der Waals surface area contributed by atoms with E-state index in [4.69, 9.17) is 4.74 Å². The molecule has 1 N–H and O–H groups in total. The lowest BCUT2D eigenvalue weighted by Crippen LogP contribution is -2.13. The SMILES string of the molecule is COc1ccc(-n2nc3cc(C)c(NC(=O)c4ccc([N+](=O)[O-])c(C)c4)cc3n2)cc1. The number of nitro groups is 1. The number of nitrogens with one attached hydrogen (secondary N) is 1. The molecule has 0 bridgehead atoms. The minimum Gasteiger partial charge on any atom is -0.497 e. The van der Waals surface area contributed by atoms with Crippen LogP contribution in [0.2, 0.25) is 0 Å². The molecule has 0 saturated heterocycles. The number of hydrogen-bond acceptors (Lipinski definition) is 6. The molecule has 0 aliphatic rings. The molecule has 0 aliphatic carbocycles. The largest absolute Gasteiger partial charge is 0.497 e. The molecule has 1 aromatic heterocycles. The Bertz CT molecular complexity index is 1310. The molecular formula is C22H19N5O4. The van der Waals surface area contributed by atoms with E-state index in [1.807, 2.05) is 37.3 Å². The summed E-state index contributed by atoms with van der Waals surface area (Å²) >= 11 is 0. The molecule has 0 saturated carbocycles. The van der Waals surface area contributed by atoms with Crippen LogP contribution in [0.15, 0.2) is 54.6 Å². The molecule has 1 heterocycles. The van der Waals surface area contributed by atoms with Crippen LogP contribution in [0.4, 0.5) is 11.4 Å². The number of rotatable bonds is 5. The van der Waals surface area contributed by atoms with Gasteiger partial charge < -0.3 is 10.1 Å². The van der Waals surface area contributed by atoms with E-state index in [1.165, 1.54) is 23.0 Å². The van der Waals surface area contributed by atoms with Gasteiger partial charge in [0.2, 0.25) is 0 Å². The second kappa shape index (κ2) is 7.86. The van der Waals surface area contributed by atoms with Crippen molar-refractivity contribution in [3.63, 3.8) is 0 Å². The number of hydrogen-bond donors (Lipinski definition) is 1. The Kier molecular flexibility index (Phi) is 5.08. The van der Waals surface area contributed by atoms with Gasteiger partial charge in [0.15, 0.2) is 0 Å². The van der Waals surface area contributed by atoms with Gasteiger partial charge in [0, 0.05) is 22.9 Å². The number of benzene rings is 3. The van der Waals surface area contributed by atoms with Crippen LogP contribution in [0.25, 0.3) is 16.7 Å². The second-order valence-corrected chi connectivity index (χ2v) is 7.06. The van der Waals surface area contributed by atoms with Gasteiger partial charge in [-0.3, -0.25) is 14.9 Å². The summed E-state index contributed by atoms with van der Waals surface area (Å²) in [5.41, 5.74) is 4.24. The average Bonchev–Trinajstić information content (AvgIpc) is 3.16. The van der Waals surface area contributed by atoms with Gasteiger partial charge in [-0.15, -0.1) is 10.2 Å². The number of carbonyl (C=O) groups is 1. The van der Waals surface area contributed by atoms with Crippen molar-refractivity contribution in [2.45, 2.75) is 13.8 Å². The summed E-state index contributed by atoms with van der Waals surface area (Å²) < 4.78 is 5.17. The van der Waals surface area contributed by atoms with Gasteiger partial charge in [-0.05, 0) is 67.9 Å². The molecule has 0 unspecified atom stereocenters. The van der Waals surface area contributed by atoms with E-state index in [1.54, 1.807) is 20.1 Å². The molecule has 9 nitrogen and oxygen atoms in total. The maximum absolute atomic E-state index is 12.7. The standard InChI is InChI=1S/C22H19N5O4/c1-13-11-19-20(25-26(24-19)16-5-7-17(31-3)8-6-16)12-18(13)23-22(28)15-4-9-21(27(29)30)14(2)10-15/h4-12H,1-3H3,(H,23,28). The van der Waals surface area contributed by atoms with E-state index in [0.29, 0.717) is 27.8 Å². The lowest BCUT2D eigenvalue weighted by atomic mass is 10.1. The number of aromatic nitrogens is 3. The highest BCUT2D eigenvalue weighted by Crippen LogP contribution is 2.24. The molecule has 0 fully saturated rings. The number of fused-ring (bicyclic) bond motifs is 1. The lowest BCUT2D eigenvalue weighted by molar-refractivity contribution is -0.385. The zero-order chi connectivity index (χ0) is 22.1. The average molecular weight is 417 g/mol. The van der Waals surface area contributed by atoms with E-state index in [2.05, 4.69) is 15.5 Å². The van der Waals surface area contributed by atoms with Gasteiger partial charge in [-0.25, -0.2) is 0 Å². The van der Waals surface area contributed by atoms with Crippen molar-refractivity contribution in [1.82, 2.24) is 15.0 Å². The summed E-state index contributed by atoms with van der Waals surface area (Å²) in [6.45, 7) is 3.46. The molecule has 0 radical (unpaired) electrons. The highest BCUT2D eigenvalue weighted by atomic mass is 16.6. The minimum absolute atomic E-state index is 0.0238. The Balaban J connectivity index is 1.62. The predicted octanol–water partition coefficient (Wildman–Crippen LogP) is 4.21. The van der Waals surface area contributed by atoms with Crippen molar-refractivity contribution < 1.29 is 14.5 Å². The summed E-state index contributed by atoms with van der Waals surface area (Å²) in [7, 11) is 1.60. The Labute approximate surface area is 177 Å². The van der Waals surface area contributed by atoms with E-state index in [0.717, 1.165) is 17.0 Å². The first-order chi connectivity index (χ1) is 14.9. The van der Waals surface area contributed by atoms with Crippen molar-refractivity contribution in [1.29, 1.82) is 0 Å². The highest BCUT2D eigenvalue weighted by molar-refractivity contribution is 6.05. The van der Waals surface area contributed by atoms with Gasteiger partial charge in [0.25, 0.3) is 11.6 Å². The van der Waals surface area contributed by atoms with Crippen LogP contribution in [0.1, 0.15) is 21.5 Å². The number of ether oxygens (including phenoxy) is 1. The van der Waals surface area contributed by atoms with Crippen molar-refractivity contribution in [2.75, 3.05) is 12.4 Å². The molecule has 9 heteroatoms. The molecular weight excluding hydrogens is 398 g/mol. The molecule has 0 atom stereocenters. The molecule has 0 aliphatic heterocycles. The maximum atomic E-state index is 12.7. The third-order valence-electron chi connectivity index (χ3n) is 4.93. The van der Waals surface area contributed by atoms with Crippen LogP contribution in [-0.4, -0.2) is 32.9 Å². The van der Waals surface area contributed by atoms with Gasteiger partial charge in [-0.1, -0.05) is 0 Å². The number of amides is 1. The third-order valence-corrected chi connectivity index (χ3v) is 4.93. The zero-order valence-corrected chi connectivity index (χ0v) is 17.1. The molecule has 3 aromatic carbocycles. The number of carbonyl (C=O) groups excluding carboxylic acids is 1. The molecule has 156 valence electrons. The van der Waals surface area contributed by atoms with E-state index in [9.17, 15) is 14.9 Å². The fourth-order valence-electron chi connectivity index (χ4n) is 3.23. The van der Waals surface area contributed by atoms with Crippen LogP contribution in [0, 0.1) is 24.0 Å². The molecule has 31 heavy (non-hydrogen) atoms. The predicted molar refractivity (Wildman–Crippen MR) is 116 cm³/mol. The van der Waals surface area contributed by atoms with Crippen LogP contribution in [-0.2, 0) is 0 Å². The molecule has 4 aromatic rings. The minimum atomic E-state index is -0.471. The van der Waals surface area contributed by atoms with Crippen molar-refractivity contribution in [3.05, 3.63) is 81.4 Å². The first-order valence-electron chi connectivity index (χ1n) is 9.44. The number of methoxy groups -OCH3 is 1. The summed E-state index contributed by atoms with van der Waals surface area (Å²) in [5, 5.41) is 22.8. The van der Waals surface area contributed by atoms with Gasteiger partial charge >= 0.3 is 0 Å². The smallest absolute Gasteiger partial charge is 0.272 e.